The summed E-state index contributed by atoms with van der Waals surface area (Å²) in [6.07, 6.45) is 1.15. The molecule has 4 heteroatoms. The van der Waals surface area contributed by atoms with Crippen LogP contribution in [0, 0.1) is 0 Å². The quantitative estimate of drug-likeness (QED) is 0.561. The summed E-state index contributed by atoms with van der Waals surface area (Å²) in [5, 5.41) is 0. The first kappa shape index (κ1) is 6.73. The Morgan fingerprint density at radius 3 is 3.20 bits per heavy atom. The molecule has 2 rings (SSSR count). The Morgan fingerprint density at radius 1 is 1.60 bits per heavy atom. The lowest BCUT2D eigenvalue weighted by Crippen LogP contribution is -2.16. The summed E-state index contributed by atoms with van der Waals surface area (Å²) in [5.41, 5.74) is 3.24. The van der Waals surface area contributed by atoms with Crippen LogP contribution >= 0.6 is 23.7 Å². The van der Waals surface area contributed by atoms with E-state index in [0.717, 1.165) is 17.9 Å². The lowest BCUT2D eigenvalue weighted by Gasteiger charge is -2.02. The molecular weight excluding hydrogens is 164 g/mol. The predicted molar refractivity (Wildman–Crippen MR) is 49.2 cm³/mol. The van der Waals surface area contributed by atoms with Gasteiger partial charge in [-0.15, -0.1) is 11.8 Å². The van der Waals surface area contributed by atoms with Crippen molar-refractivity contribution >= 4 is 35.0 Å². The van der Waals surface area contributed by atoms with Gasteiger partial charge in [-0.25, -0.2) is 4.40 Å². The molecule has 0 aromatic heterocycles. The monoisotopic (exact) mass is 172 g/mol. The summed E-state index contributed by atoms with van der Waals surface area (Å²) in [6.45, 7) is 0. The Bertz CT molecular complexity index is 188. The van der Waals surface area contributed by atoms with E-state index < -0.39 is 0 Å². The van der Waals surface area contributed by atoms with Crippen LogP contribution in [-0.4, -0.2) is 28.8 Å². The third-order valence-corrected chi connectivity index (χ3v) is 3.11. The van der Waals surface area contributed by atoms with E-state index in [1.165, 1.54) is 5.71 Å². The highest BCUT2D eigenvalue weighted by atomic mass is 32.2. The van der Waals surface area contributed by atoms with Crippen molar-refractivity contribution in [1.29, 1.82) is 0 Å². The van der Waals surface area contributed by atoms with Gasteiger partial charge in [0.1, 0.15) is 0 Å². The van der Waals surface area contributed by atoms with Crippen molar-refractivity contribution in [2.24, 2.45) is 9.39 Å². The van der Waals surface area contributed by atoms with Crippen molar-refractivity contribution in [3.05, 3.63) is 0 Å². The van der Waals surface area contributed by atoms with Crippen molar-refractivity contribution < 1.29 is 0 Å². The molecule has 0 radical (unpaired) electrons. The van der Waals surface area contributed by atoms with Gasteiger partial charge < -0.3 is 0 Å². The molecule has 2 nitrogen and oxygen atoms in total. The minimum absolute atomic E-state index is 0.417. The molecule has 1 atom stereocenters. The van der Waals surface area contributed by atoms with Crippen LogP contribution in [0.4, 0.5) is 0 Å². The SMILES string of the molecule is C1=NC(C2=NSCC2)CS1. The number of rotatable bonds is 1. The van der Waals surface area contributed by atoms with Gasteiger partial charge in [-0.3, -0.25) is 4.99 Å². The predicted octanol–water partition coefficient (Wildman–Crippen LogP) is 1.62. The van der Waals surface area contributed by atoms with E-state index in [2.05, 4.69) is 9.39 Å². The van der Waals surface area contributed by atoms with Crippen LogP contribution in [0.1, 0.15) is 6.42 Å². The second-order valence-corrected chi connectivity index (χ2v) is 4.00. The molecule has 0 saturated carbocycles. The molecule has 2 aliphatic heterocycles. The van der Waals surface area contributed by atoms with E-state index in [-0.39, 0.29) is 0 Å². The van der Waals surface area contributed by atoms with Crippen LogP contribution in [0.3, 0.4) is 0 Å². The molecule has 10 heavy (non-hydrogen) atoms. The van der Waals surface area contributed by atoms with Gasteiger partial charge in [0.05, 0.1) is 17.3 Å². The average molecular weight is 172 g/mol. The minimum atomic E-state index is 0.417. The van der Waals surface area contributed by atoms with Gasteiger partial charge >= 0.3 is 0 Å². The Morgan fingerprint density at radius 2 is 2.60 bits per heavy atom. The number of hydrogen-bond acceptors (Lipinski definition) is 4. The van der Waals surface area contributed by atoms with Gasteiger partial charge in [-0.05, 0) is 18.4 Å². The molecule has 1 unspecified atom stereocenters. The van der Waals surface area contributed by atoms with E-state index in [1.54, 1.807) is 23.7 Å². The van der Waals surface area contributed by atoms with Gasteiger partial charge in [0.2, 0.25) is 0 Å². The van der Waals surface area contributed by atoms with Crippen LogP contribution in [0.15, 0.2) is 9.39 Å². The largest absolute Gasteiger partial charge is 0.276 e. The van der Waals surface area contributed by atoms with Crippen LogP contribution in [-0.2, 0) is 0 Å². The first-order valence-corrected chi connectivity index (χ1v) is 5.28. The normalized spacial score (nSPS) is 31.2. The maximum absolute atomic E-state index is 4.32. The van der Waals surface area contributed by atoms with Gasteiger partial charge in [0, 0.05) is 11.5 Å². The van der Waals surface area contributed by atoms with Gasteiger partial charge in [-0.2, -0.15) is 0 Å². The summed E-state index contributed by atoms with van der Waals surface area (Å²) in [6, 6.07) is 0.417. The smallest absolute Gasteiger partial charge is 0.0987 e. The summed E-state index contributed by atoms with van der Waals surface area (Å²) < 4.78 is 4.32. The van der Waals surface area contributed by atoms with E-state index in [1.807, 2.05) is 5.55 Å². The van der Waals surface area contributed by atoms with E-state index >= 15 is 0 Å². The summed E-state index contributed by atoms with van der Waals surface area (Å²) in [4.78, 5) is 4.31. The van der Waals surface area contributed by atoms with Gasteiger partial charge in [-0.1, -0.05) is 0 Å². The van der Waals surface area contributed by atoms with Crippen LogP contribution < -0.4 is 0 Å². The summed E-state index contributed by atoms with van der Waals surface area (Å²) in [5.74, 6) is 2.27. The molecule has 0 aliphatic carbocycles. The fraction of sp³-hybridized carbons (Fsp3) is 0.667. The Labute approximate surface area is 68.7 Å². The first-order valence-electron chi connectivity index (χ1n) is 3.29. The number of hydrogen-bond donors (Lipinski definition) is 0. The molecule has 0 bridgehead atoms. The summed E-state index contributed by atoms with van der Waals surface area (Å²) >= 11 is 3.46. The van der Waals surface area contributed by atoms with E-state index in [4.69, 9.17) is 0 Å². The third-order valence-electron chi connectivity index (χ3n) is 1.59. The second-order valence-electron chi connectivity index (χ2n) is 2.27. The fourth-order valence-corrected chi connectivity index (χ4v) is 2.58. The van der Waals surface area contributed by atoms with Crippen LogP contribution in [0.25, 0.3) is 0 Å². The van der Waals surface area contributed by atoms with Crippen molar-refractivity contribution in [3.63, 3.8) is 0 Å². The average Bonchev–Trinajstić information content (AvgIpc) is 2.59. The fourth-order valence-electron chi connectivity index (χ4n) is 1.03. The molecular formula is C6H8N2S2. The Hall–Kier alpha value is 0.0400. The molecule has 0 saturated heterocycles. The topological polar surface area (TPSA) is 24.7 Å². The van der Waals surface area contributed by atoms with Gasteiger partial charge in [0.15, 0.2) is 0 Å². The van der Waals surface area contributed by atoms with Crippen LogP contribution in [0.5, 0.6) is 0 Å². The maximum atomic E-state index is 4.32. The zero-order valence-corrected chi connectivity index (χ0v) is 7.12. The molecule has 54 valence electrons. The highest BCUT2D eigenvalue weighted by Crippen LogP contribution is 2.22. The number of nitrogens with zero attached hydrogens (tertiary/aromatic N) is 2. The molecule has 0 aromatic carbocycles. The molecule has 0 N–H and O–H groups in total. The van der Waals surface area contributed by atoms with Crippen molar-refractivity contribution in [3.8, 4) is 0 Å². The molecule has 0 aromatic rings. The van der Waals surface area contributed by atoms with Crippen molar-refractivity contribution in [2.45, 2.75) is 12.5 Å². The van der Waals surface area contributed by atoms with E-state index in [0.29, 0.717) is 6.04 Å². The van der Waals surface area contributed by atoms with E-state index in [9.17, 15) is 0 Å². The first-order chi connectivity index (χ1) is 4.97. The Kier molecular flexibility index (Phi) is 2.00. The lowest BCUT2D eigenvalue weighted by molar-refractivity contribution is 0.989. The molecule has 2 heterocycles. The highest BCUT2D eigenvalue weighted by molar-refractivity contribution is 8.12. The van der Waals surface area contributed by atoms with Crippen molar-refractivity contribution in [2.75, 3.05) is 11.5 Å². The van der Waals surface area contributed by atoms with Crippen molar-refractivity contribution in [1.82, 2.24) is 0 Å². The highest BCUT2D eigenvalue weighted by Gasteiger charge is 2.20. The lowest BCUT2D eigenvalue weighted by atomic mass is 10.2. The number of thioether (sulfide) groups is 1. The third kappa shape index (κ3) is 1.22. The minimum Gasteiger partial charge on any atom is -0.276 e. The zero-order chi connectivity index (χ0) is 6.81. The molecule has 2 aliphatic rings. The Balaban J connectivity index is 2.04. The molecule has 0 amide bonds. The maximum Gasteiger partial charge on any atom is 0.0987 e. The van der Waals surface area contributed by atoms with Gasteiger partial charge in [0.25, 0.3) is 0 Å². The molecule has 0 spiro atoms. The standard InChI is InChI=1S/C6H8N2S2/c1-2-10-8-5(1)6-3-9-4-7-6/h4,6H,1-3H2. The second kappa shape index (κ2) is 2.96. The summed E-state index contributed by atoms with van der Waals surface area (Å²) in [7, 11) is 0. The molecule has 0 fully saturated rings. The number of aliphatic imine (C=N–C) groups is 1. The van der Waals surface area contributed by atoms with Crippen LogP contribution in [0.2, 0.25) is 0 Å². The zero-order valence-electron chi connectivity index (χ0n) is 5.49.